The summed E-state index contributed by atoms with van der Waals surface area (Å²) in [4.78, 5) is 6.25. The molecule has 1 aromatic heterocycles. The van der Waals surface area contributed by atoms with Gasteiger partial charge in [-0.1, -0.05) is 11.6 Å². The van der Waals surface area contributed by atoms with Crippen LogP contribution in [0.5, 0.6) is 0 Å². The predicted molar refractivity (Wildman–Crippen MR) is 67.7 cm³/mol. The van der Waals surface area contributed by atoms with E-state index in [1.165, 1.54) is 0 Å². The van der Waals surface area contributed by atoms with E-state index >= 15 is 0 Å². The Morgan fingerprint density at radius 2 is 2.41 bits per heavy atom. The minimum atomic E-state index is 0.107. The van der Waals surface area contributed by atoms with E-state index in [1.54, 1.807) is 13.3 Å². The van der Waals surface area contributed by atoms with Crippen LogP contribution in [-0.2, 0) is 9.47 Å². The first-order chi connectivity index (χ1) is 8.19. The first-order valence-corrected chi connectivity index (χ1v) is 6.07. The third kappa shape index (κ3) is 3.31. The van der Waals surface area contributed by atoms with Gasteiger partial charge in [-0.05, 0) is 19.1 Å². The van der Waals surface area contributed by atoms with Gasteiger partial charge in [0, 0.05) is 32.1 Å². The molecule has 0 aliphatic carbocycles. The first kappa shape index (κ1) is 12.6. The van der Waals surface area contributed by atoms with Crippen molar-refractivity contribution in [3.8, 4) is 0 Å². The van der Waals surface area contributed by atoms with Gasteiger partial charge in [-0.15, -0.1) is 0 Å². The molecule has 0 spiro atoms. The zero-order valence-electron chi connectivity index (χ0n) is 10.1. The second-order valence-corrected chi connectivity index (χ2v) is 4.65. The van der Waals surface area contributed by atoms with Gasteiger partial charge < -0.3 is 14.4 Å². The fourth-order valence-electron chi connectivity index (χ4n) is 2.12. The molecule has 0 radical (unpaired) electrons. The summed E-state index contributed by atoms with van der Waals surface area (Å²) >= 11 is 5.90. The van der Waals surface area contributed by atoms with Crippen LogP contribution in [0.25, 0.3) is 0 Å². The van der Waals surface area contributed by atoms with Crippen LogP contribution in [0.4, 0.5) is 5.69 Å². The van der Waals surface area contributed by atoms with Gasteiger partial charge in [0.15, 0.2) is 0 Å². The third-order valence-electron chi connectivity index (χ3n) is 2.75. The summed E-state index contributed by atoms with van der Waals surface area (Å²) in [5, 5.41) is 0.518. The maximum Gasteiger partial charge on any atom is 0.131 e. The van der Waals surface area contributed by atoms with Crippen molar-refractivity contribution in [3.05, 3.63) is 23.5 Å². The first-order valence-electron chi connectivity index (χ1n) is 5.70. The molecule has 2 rings (SSSR count). The van der Waals surface area contributed by atoms with Gasteiger partial charge in [-0.25, -0.2) is 4.98 Å². The molecule has 0 aromatic carbocycles. The van der Waals surface area contributed by atoms with Crippen molar-refractivity contribution in [2.75, 3.05) is 31.7 Å². The molecule has 2 atom stereocenters. The maximum absolute atomic E-state index is 5.90. The lowest BCUT2D eigenvalue weighted by molar-refractivity contribution is -0.0510. The Bertz CT molecular complexity index is 375. The quantitative estimate of drug-likeness (QED) is 0.775. The zero-order chi connectivity index (χ0) is 12.3. The van der Waals surface area contributed by atoms with Crippen LogP contribution >= 0.6 is 11.6 Å². The van der Waals surface area contributed by atoms with E-state index in [1.807, 2.05) is 12.1 Å². The van der Waals surface area contributed by atoms with Gasteiger partial charge in [-0.2, -0.15) is 0 Å². The van der Waals surface area contributed by atoms with E-state index in [0.29, 0.717) is 11.8 Å². The average molecular weight is 257 g/mol. The molecule has 1 saturated heterocycles. The highest BCUT2D eigenvalue weighted by Gasteiger charge is 2.25. The van der Waals surface area contributed by atoms with Crippen molar-refractivity contribution in [1.29, 1.82) is 0 Å². The van der Waals surface area contributed by atoms with Crippen molar-refractivity contribution in [1.82, 2.24) is 4.98 Å². The number of rotatable bonds is 3. The van der Waals surface area contributed by atoms with Crippen molar-refractivity contribution in [3.63, 3.8) is 0 Å². The van der Waals surface area contributed by atoms with E-state index in [-0.39, 0.29) is 12.2 Å². The van der Waals surface area contributed by atoms with Gasteiger partial charge >= 0.3 is 0 Å². The number of methoxy groups -OCH3 is 1. The van der Waals surface area contributed by atoms with Crippen LogP contribution in [0.3, 0.4) is 0 Å². The molecule has 0 amide bonds. The average Bonchev–Trinajstić information content (AvgIpc) is 2.28. The van der Waals surface area contributed by atoms with Gasteiger partial charge in [-0.3, -0.25) is 0 Å². The number of pyridine rings is 1. The van der Waals surface area contributed by atoms with Crippen LogP contribution in [0, 0.1) is 0 Å². The summed E-state index contributed by atoms with van der Waals surface area (Å²) < 4.78 is 10.9. The molecule has 0 bridgehead atoms. The van der Waals surface area contributed by atoms with Gasteiger partial charge in [0.1, 0.15) is 5.15 Å². The Labute approximate surface area is 106 Å². The second kappa shape index (κ2) is 5.67. The van der Waals surface area contributed by atoms with Crippen molar-refractivity contribution >= 4 is 17.3 Å². The molecule has 0 N–H and O–H groups in total. The van der Waals surface area contributed by atoms with E-state index < -0.39 is 0 Å². The number of hydrogen-bond acceptors (Lipinski definition) is 4. The van der Waals surface area contributed by atoms with E-state index in [4.69, 9.17) is 21.1 Å². The van der Waals surface area contributed by atoms with Crippen molar-refractivity contribution < 1.29 is 9.47 Å². The van der Waals surface area contributed by atoms with Gasteiger partial charge in [0.05, 0.1) is 18.8 Å². The van der Waals surface area contributed by atoms with Crippen LogP contribution in [0.15, 0.2) is 18.3 Å². The van der Waals surface area contributed by atoms with Crippen LogP contribution < -0.4 is 4.90 Å². The van der Waals surface area contributed by atoms with E-state index in [2.05, 4.69) is 16.8 Å². The van der Waals surface area contributed by atoms with E-state index in [9.17, 15) is 0 Å². The Kier molecular flexibility index (Phi) is 4.20. The summed E-state index contributed by atoms with van der Waals surface area (Å²) in [7, 11) is 1.69. The number of ether oxygens (including phenoxy) is 2. The second-order valence-electron chi connectivity index (χ2n) is 4.27. The number of halogens is 1. The Morgan fingerprint density at radius 1 is 1.59 bits per heavy atom. The third-order valence-corrected chi connectivity index (χ3v) is 2.96. The predicted octanol–water partition coefficient (Wildman–Crippen LogP) is 1.98. The Morgan fingerprint density at radius 3 is 3.12 bits per heavy atom. The number of anilines is 1. The minimum absolute atomic E-state index is 0.107. The minimum Gasteiger partial charge on any atom is -0.382 e. The highest BCUT2D eigenvalue weighted by Crippen LogP contribution is 2.22. The summed E-state index contributed by atoms with van der Waals surface area (Å²) in [6.07, 6.45) is 2.02. The molecular formula is C12H17ClN2O2. The molecule has 5 heteroatoms. The zero-order valence-corrected chi connectivity index (χ0v) is 10.9. The molecular weight excluding hydrogens is 240 g/mol. The van der Waals surface area contributed by atoms with Gasteiger partial charge in [0.25, 0.3) is 0 Å². The normalized spacial score (nSPS) is 25.0. The van der Waals surface area contributed by atoms with Crippen molar-refractivity contribution in [2.45, 2.75) is 19.1 Å². The molecule has 17 heavy (non-hydrogen) atoms. The number of morpholine rings is 1. The number of hydrogen-bond donors (Lipinski definition) is 0. The highest BCUT2D eigenvalue weighted by atomic mass is 35.5. The van der Waals surface area contributed by atoms with Gasteiger partial charge in [0.2, 0.25) is 0 Å². The van der Waals surface area contributed by atoms with Crippen LogP contribution in [-0.4, -0.2) is 44.0 Å². The molecule has 0 saturated carbocycles. The highest BCUT2D eigenvalue weighted by molar-refractivity contribution is 6.29. The smallest absolute Gasteiger partial charge is 0.131 e. The summed E-state index contributed by atoms with van der Waals surface area (Å²) in [5.74, 6) is 0. The lowest BCUT2D eigenvalue weighted by Crippen LogP contribution is -2.48. The summed E-state index contributed by atoms with van der Waals surface area (Å²) in [6.45, 7) is 4.36. The largest absolute Gasteiger partial charge is 0.382 e. The fourth-order valence-corrected chi connectivity index (χ4v) is 2.29. The number of nitrogens with zero attached hydrogens (tertiary/aromatic N) is 2. The molecule has 2 heterocycles. The molecule has 1 aliphatic heterocycles. The molecule has 94 valence electrons. The molecule has 1 aromatic rings. The number of aromatic nitrogens is 1. The Balaban J connectivity index is 2.09. The topological polar surface area (TPSA) is 34.6 Å². The van der Waals surface area contributed by atoms with E-state index in [0.717, 1.165) is 18.8 Å². The lowest BCUT2D eigenvalue weighted by Gasteiger charge is -2.37. The standard InChI is InChI=1S/C12H17ClN2O2/c1-9-6-15(7-11(17-9)8-16-2)10-3-4-14-12(13)5-10/h3-5,9,11H,6-8H2,1-2H3. The Hall–Kier alpha value is -0.840. The molecule has 2 unspecified atom stereocenters. The maximum atomic E-state index is 5.90. The monoisotopic (exact) mass is 256 g/mol. The lowest BCUT2D eigenvalue weighted by atomic mass is 10.2. The molecule has 1 aliphatic rings. The summed E-state index contributed by atoms with van der Waals surface area (Å²) in [6, 6.07) is 3.84. The van der Waals surface area contributed by atoms with Crippen LogP contribution in [0.1, 0.15) is 6.92 Å². The van der Waals surface area contributed by atoms with Crippen LogP contribution in [0.2, 0.25) is 5.15 Å². The fraction of sp³-hybridized carbons (Fsp3) is 0.583. The molecule has 1 fully saturated rings. The summed E-state index contributed by atoms with van der Waals surface area (Å²) in [5.41, 5.74) is 1.08. The van der Waals surface area contributed by atoms with Crippen molar-refractivity contribution in [2.24, 2.45) is 0 Å². The SMILES string of the molecule is COCC1CN(c2ccnc(Cl)c2)CC(C)O1. The molecule has 4 nitrogen and oxygen atoms in total.